The van der Waals surface area contributed by atoms with E-state index in [2.05, 4.69) is 10.3 Å². The number of nitrogens with zero attached hydrogens (tertiary/aromatic N) is 2. The lowest BCUT2D eigenvalue weighted by Gasteiger charge is -2.18. The number of rotatable bonds is 7. The van der Waals surface area contributed by atoms with Crippen LogP contribution < -0.4 is 5.32 Å². The Balaban J connectivity index is 1.54. The summed E-state index contributed by atoms with van der Waals surface area (Å²) in [7, 11) is -3.51. The molecular formula is C24H25N3O3S2. The SMILES string of the molecule is Cc1ccc(NC(=O)[C@@H](Sc2ccc(S(=O)(=O)N3CCCC3)cn2)c2ccccc2)cc1. The number of pyridine rings is 1. The average Bonchev–Trinajstić information content (AvgIpc) is 3.36. The van der Waals surface area contributed by atoms with Gasteiger partial charge in [-0.25, -0.2) is 13.4 Å². The smallest absolute Gasteiger partial charge is 0.244 e. The number of amides is 1. The first-order chi connectivity index (χ1) is 15.4. The van der Waals surface area contributed by atoms with E-state index in [9.17, 15) is 13.2 Å². The van der Waals surface area contributed by atoms with E-state index < -0.39 is 15.3 Å². The number of carbonyl (C=O) groups is 1. The number of anilines is 1. The standard InChI is InChI=1S/C24H25N3O3S2/c1-18-9-11-20(12-10-18)26-24(28)23(19-7-3-2-4-8-19)31-22-14-13-21(17-25-22)32(29,30)27-15-5-6-16-27/h2-4,7-14,17,23H,5-6,15-16H2,1H3,(H,26,28)/t23-/m0/s1. The maximum Gasteiger partial charge on any atom is 0.244 e. The Morgan fingerprint density at radius 1 is 1.00 bits per heavy atom. The third-order valence-electron chi connectivity index (χ3n) is 5.31. The zero-order chi connectivity index (χ0) is 22.6. The third-order valence-corrected chi connectivity index (χ3v) is 8.40. The van der Waals surface area contributed by atoms with Gasteiger partial charge < -0.3 is 5.32 Å². The Hall–Kier alpha value is -2.68. The lowest BCUT2D eigenvalue weighted by Crippen LogP contribution is -2.27. The maximum absolute atomic E-state index is 13.1. The summed E-state index contributed by atoms with van der Waals surface area (Å²) < 4.78 is 27.0. The molecule has 1 saturated heterocycles. The van der Waals surface area contributed by atoms with Crippen LogP contribution in [0.15, 0.2) is 82.8 Å². The summed E-state index contributed by atoms with van der Waals surface area (Å²) in [5.41, 5.74) is 2.69. The highest BCUT2D eigenvalue weighted by atomic mass is 32.2. The lowest BCUT2D eigenvalue weighted by molar-refractivity contribution is -0.115. The molecule has 1 atom stereocenters. The Bertz CT molecular complexity index is 1160. The summed E-state index contributed by atoms with van der Waals surface area (Å²) in [6.45, 7) is 3.09. The van der Waals surface area contributed by atoms with Gasteiger partial charge in [-0.15, -0.1) is 0 Å². The van der Waals surface area contributed by atoms with Crippen molar-refractivity contribution in [2.45, 2.75) is 34.9 Å². The highest BCUT2D eigenvalue weighted by Crippen LogP contribution is 2.35. The number of carbonyl (C=O) groups excluding carboxylic acids is 1. The van der Waals surface area contributed by atoms with E-state index >= 15 is 0 Å². The van der Waals surface area contributed by atoms with Gasteiger partial charge in [-0.2, -0.15) is 4.31 Å². The maximum atomic E-state index is 13.1. The van der Waals surface area contributed by atoms with E-state index in [0.717, 1.165) is 29.7 Å². The molecule has 2 heterocycles. The fourth-order valence-electron chi connectivity index (χ4n) is 3.53. The van der Waals surface area contributed by atoms with Gasteiger partial charge in [-0.1, -0.05) is 59.8 Å². The van der Waals surface area contributed by atoms with Crippen LogP contribution in [0.2, 0.25) is 0 Å². The van der Waals surface area contributed by atoms with Crippen LogP contribution in [-0.4, -0.2) is 36.7 Å². The number of benzene rings is 2. The van der Waals surface area contributed by atoms with Crippen LogP contribution in [0.5, 0.6) is 0 Å². The third kappa shape index (κ3) is 5.20. The van der Waals surface area contributed by atoms with Gasteiger partial charge in [-0.3, -0.25) is 4.79 Å². The van der Waals surface area contributed by atoms with E-state index in [0.29, 0.717) is 18.1 Å². The number of aryl methyl sites for hydroxylation is 1. The molecule has 3 aromatic rings. The van der Waals surface area contributed by atoms with Crippen molar-refractivity contribution in [3.8, 4) is 0 Å². The highest BCUT2D eigenvalue weighted by Gasteiger charge is 2.28. The van der Waals surface area contributed by atoms with Crippen LogP contribution in [-0.2, 0) is 14.8 Å². The lowest BCUT2D eigenvalue weighted by atomic mass is 10.1. The zero-order valence-electron chi connectivity index (χ0n) is 17.8. The van der Waals surface area contributed by atoms with E-state index in [1.54, 1.807) is 12.1 Å². The molecule has 0 unspecified atom stereocenters. The number of aromatic nitrogens is 1. The molecule has 166 valence electrons. The van der Waals surface area contributed by atoms with Crippen molar-refractivity contribution in [1.29, 1.82) is 0 Å². The number of nitrogens with one attached hydrogen (secondary N) is 1. The van der Waals surface area contributed by atoms with E-state index in [1.807, 2.05) is 61.5 Å². The second kappa shape index (κ2) is 9.85. The second-order valence-corrected chi connectivity index (χ2v) is 10.8. The summed E-state index contributed by atoms with van der Waals surface area (Å²) in [6, 6.07) is 20.4. The molecule has 1 aromatic heterocycles. The molecule has 1 fully saturated rings. The molecule has 0 bridgehead atoms. The molecule has 2 aromatic carbocycles. The van der Waals surface area contributed by atoms with Gasteiger partial charge in [0.2, 0.25) is 15.9 Å². The van der Waals surface area contributed by atoms with Gasteiger partial charge in [0.25, 0.3) is 0 Å². The van der Waals surface area contributed by atoms with Crippen molar-refractivity contribution in [3.05, 3.63) is 84.1 Å². The zero-order valence-corrected chi connectivity index (χ0v) is 19.4. The Morgan fingerprint density at radius 3 is 2.31 bits per heavy atom. The molecule has 4 rings (SSSR count). The predicted octanol–water partition coefficient (Wildman–Crippen LogP) is 4.65. The van der Waals surface area contributed by atoms with E-state index in [1.165, 1.54) is 22.3 Å². The molecule has 6 nitrogen and oxygen atoms in total. The minimum absolute atomic E-state index is 0.166. The van der Waals surface area contributed by atoms with Crippen LogP contribution in [0, 0.1) is 6.92 Å². The quantitative estimate of drug-likeness (QED) is 0.512. The molecule has 1 amide bonds. The molecule has 0 radical (unpaired) electrons. The summed E-state index contributed by atoms with van der Waals surface area (Å²) in [4.78, 5) is 17.7. The molecule has 1 aliphatic rings. The van der Waals surface area contributed by atoms with Crippen molar-refractivity contribution in [2.75, 3.05) is 18.4 Å². The van der Waals surface area contributed by atoms with Crippen LogP contribution in [0.3, 0.4) is 0 Å². The molecule has 1 N–H and O–H groups in total. The first-order valence-electron chi connectivity index (χ1n) is 10.5. The monoisotopic (exact) mass is 467 g/mol. The molecule has 0 saturated carbocycles. The van der Waals surface area contributed by atoms with Crippen molar-refractivity contribution in [1.82, 2.24) is 9.29 Å². The van der Waals surface area contributed by atoms with Crippen molar-refractivity contribution in [3.63, 3.8) is 0 Å². The average molecular weight is 468 g/mol. The largest absolute Gasteiger partial charge is 0.325 e. The van der Waals surface area contributed by atoms with Gasteiger partial charge in [0.1, 0.15) is 10.1 Å². The molecule has 0 aliphatic carbocycles. The van der Waals surface area contributed by atoms with Crippen LogP contribution in [0.4, 0.5) is 5.69 Å². The number of hydrogen-bond donors (Lipinski definition) is 1. The van der Waals surface area contributed by atoms with E-state index in [-0.39, 0.29) is 10.8 Å². The van der Waals surface area contributed by atoms with E-state index in [4.69, 9.17) is 0 Å². The van der Waals surface area contributed by atoms with Gasteiger partial charge in [0.15, 0.2) is 0 Å². The number of hydrogen-bond acceptors (Lipinski definition) is 5. The highest BCUT2D eigenvalue weighted by molar-refractivity contribution is 8.00. The molecular weight excluding hydrogens is 442 g/mol. The van der Waals surface area contributed by atoms with Gasteiger partial charge in [-0.05, 0) is 49.6 Å². The van der Waals surface area contributed by atoms with Crippen molar-refractivity contribution in [2.24, 2.45) is 0 Å². The normalized spacial score (nSPS) is 15.4. The minimum atomic E-state index is -3.51. The van der Waals surface area contributed by atoms with Crippen LogP contribution in [0.25, 0.3) is 0 Å². The van der Waals surface area contributed by atoms with Crippen LogP contribution in [0.1, 0.15) is 29.2 Å². The molecule has 32 heavy (non-hydrogen) atoms. The van der Waals surface area contributed by atoms with Crippen molar-refractivity contribution < 1.29 is 13.2 Å². The van der Waals surface area contributed by atoms with Gasteiger partial charge in [0.05, 0.1) is 5.03 Å². The van der Waals surface area contributed by atoms with Gasteiger partial charge >= 0.3 is 0 Å². The Morgan fingerprint density at radius 2 is 1.69 bits per heavy atom. The van der Waals surface area contributed by atoms with Crippen LogP contribution >= 0.6 is 11.8 Å². The minimum Gasteiger partial charge on any atom is -0.325 e. The Kier molecular flexibility index (Phi) is 6.93. The molecule has 8 heteroatoms. The summed E-state index contributed by atoms with van der Waals surface area (Å²) >= 11 is 1.29. The second-order valence-electron chi connectivity index (χ2n) is 7.71. The first kappa shape index (κ1) is 22.5. The topological polar surface area (TPSA) is 79.4 Å². The van der Waals surface area contributed by atoms with Gasteiger partial charge in [0, 0.05) is 25.0 Å². The number of sulfonamides is 1. The molecule has 0 spiro atoms. The number of thioether (sulfide) groups is 1. The summed E-state index contributed by atoms with van der Waals surface area (Å²) in [5, 5.41) is 3.02. The Labute approximate surface area is 193 Å². The first-order valence-corrected chi connectivity index (χ1v) is 12.8. The fourth-order valence-corrected chi connectivity index (χ4v) is 5.96. The summed E-state index contributed by atoms with van der Waals surface area (Å²) in [6.07, 6.45) is 3.15. The summed E-state index contributed by atoms with van der Waals surface area (Å²) in [5.74, 6) is -0.166. The predicted molar refractivity (Wildman–Crippen MR) is 127 cm³/mol. The van der Waals surface area contributed by atoms with Crippen molar-refractivity contribution >= 4 is 33.4 Å². The fraction of sp³-hybridized carbons (Fsp3) is 0.250. The molecule has 1 aliphatic heterocycles.